The average Bonchev–Trinajstić information content (AvgIpc) is 2.91. The number of rotatable bonds is 3. The zero-order valence-electron chi connectivity index (χ0n) is 11.2. The predicted octanol–water partition coefficient (Wildman–Crippen LogP) is 3.36. The minimum atomic E-state index is 0.693. The monoisotopic (exact) mass is 283 g/mol. The lowest BCUT2D eigenvalue weighted by molar-refractivity contribution is 1.02. The number of nitrogens with one attached hydrogen (secondary N) is 1. The Kier molecular flexibility index (Phi) is 3.39. The van der Waals surface area contributed by atoms with Crippen LogP contribution < -0.4 is 5.32 Å². The number of aryl methyl sites for hydroxylation is 2. The van der Waals surface area contributed by atoms with E-state index in [1.807, 2.05) is 38.2 Å². The van der Waals surface area contributed by atoms with Crippen LogP contribution in [0.1, 0.15) is 11.1 Å². The van der Waals surface area contributed by atoms with Crippen molar-refractivity contribution < 1.29 is 0 Å². The molecule has 6 heteroatoms. The van der Waals surface area contributed by atoms with Crippen LogP contribution in [0.3, 0.4) is 0 Å². The second kappa shape index (κ2) is 5.34. The van der Waals surface area contributed by atoms with Crippen molar-refractivity contribution in [3.05, 3.63) is 47.2 Å². The molecule has 20 heavy (non-hydrogen) atoms. The highest BCUT2D eigenvalue weighted by molar-refractivity contribution is 7.13. The lowest BCUT2D eigenvalue weighted by atomic mass is 10.2. The molecule has 0 spiro atoms. The van der Waals surface area contributed by atoms with Crippen molar-refractivity contribution in [1.82, 2.24) is 20.2 Å². The Morgan fingerprint density at radius 2 is 1.85 bits per heavy atom. The molecule has 3 aromatic heterocycles. The number of thiazole rings is 1. The van der Waals surface area contributed by atoms with Crippen LogP contribution in [-0.2, 0) is 0 Å². The first-order valence-corrected chi connectivity index (χ1v) is 7.02. The van der Waals surface area contributed by atoms with Gasteiger partial charge in [-0.1, -0.05) is 0 Å². The van der Waals surface area contributed by atoms with Gasteiger partial charge in [-0.25, -0.2) is 4.98 Å². The third-order valence-corrected chi connectivity index (χ3v) is 3.50. The average molecular weight is 283 g/mol. The quantitative estimate of drug-likeness (QED) is 0.798. The SMILES string of the molecule is Cc1cnnc(Nc2cc(C)cc(-c3cncs3)n2)c1. The minimum Gasteiger partial charge on any atom is -0.323 e. The van der Waals surface area contributed by atoms with Gasteiger partial charge < -0.3 is 5.32 Å². The molecule has 0 radical (unpaired) electrons. The Bertz CT molecular complexity index is 724. The van der Waals surface area contributed by atoms with Crippen LogP contribution in [0, 0.1) is 13.8 Å². The largest absolute Gasteiger partial charge is 0.323 e. The van der Waals surface area contributed by atoms with Gasteiger partial charge in [0, 0.05) is 6.20 Å². The van der Waals surface area contributed by atoms with Crippen molar-refractivity contribution in [2.24, 2.45) is 0 Å². The fraction of sp³-hybridized carbons (Fsp3) is 0.143. The second-order valence-electron chi connectivity index (χ2n) is 4.52. The van der Waals surface area contributed by atoms with Crippen molar-refractivity contribution in [2.75, 3.05) is 5.32 Å². The predicted molar refractivity (Wildman–Crippen MR) is 80.1 cm³/mol. The zero-order chi connectivity index (χ0) is 13.9. The molecule has 0 aliphatic heterocycles. The third-order valence-electron chi connectivity index (χ3n) is 2.70. The summed E-state index contributed by atoms with van der Waals surface area (Å²) in [5.74, 6) is 1.45. The topological polar surface area (TPSA) is 63.6 Å². The van der Waals surface area contributed by atoms with Crippen molar-refractivity contribution in [2.45, 2.75) is 13.8 Å². The molecule has 3 aromatic rings. The van der Waals surface area contributed by atoms with Gasteiger partial charge in [0.15, 0.2) is 5.82 Å². The van der Waals surface area contributed by atoms with Gasteiger partial charge >= 0.3 is 0 Å². The molecule has 0 bridgehead atoms. The van der Waals surface area contributed by atoms with Crippen LogP contribution in [0.2, 0.25) is 0 Å². The van der Waals surface area contributed by atoms with E-state index >= 15 is 0 Å². The molecule has 0 aromatic carbocycles. The molecule has 100 valence electrons. The maximum atomic E-state index is 4.59. The maximum absolute atomic E-state index is 4.59. The van der Waals surface area contributed by atoms with E-state index in [0.717, 1.165) is 27.5 Å². The van der Waals surface area contributed by atoms with Crippen LogP contribution in [-0.4, -0.2) is 20.2 Å². The standard InChI is InChI=1S/C14H13N5S/c1-9-3-11(12-7-15-8-20-12)17-13(4-9)18-14-5-10(2)6-16-19-14/h3-8H,1-2H3,(H,17,18,19). The van der Waals surface area contributed by atoms with Crippen LogP contribution in [0.25, 0.3) is 10.6 Å². The number of hydrogen-bond donors (Lipinski definition) is 1. The van der Waals surface area contributed by atoms with Gasteiger partial charge in [-0.3, -0.25) is 4.98 Å². The molecule has 0 saturated carbocycles. The smallest absolute Gasteiger partial charge is 0.154 e. The van der Waals surface area contributed by atoms with E-state index in [4.69, 9.17) is 0 Å². The molecule has 3 rings (SSSR count). The summed E-state index contributed by atoms with van der Waals surface area (Å²) in [4.78, 5) is 9.73. The van der Waals surface area contributed by atoms with Crippen molar-refractivity contribution in [3.63, 3.8) is 0 Å². The normalized spacial score (nSPS) is 10.5. The Morgan fingerprint density at radius 3 is 2.60 bits per heavy atom. The second-order valence-corrected chi connectivity index (χ2v) is 5.41. The van der Waals surface area contributed by atoms with Crippen molar-refractivity contribution in [1.29, 1.82) is 0 Å². The van der Waals surface area contributed by atoms with Gasteiger partial charge in [0.25, 0.3) is 0 Å². The highest BCUT2D eigenvalue weighted by Gasteiger charge is 2.06. The number of nitrogens with zero attached hydrogens (tertiary/aromatic N) is 4. The highest BCUT2D eigenvalue weighted by Crippen LogP contribution is 2.25. The molecule has 0 fully saturated rings. The van der Waals surface area contributed by atoms with Gasteiger partial charge in [0.05, 0.1) is 22.3 Å². The van der Waals surface area contributed by atoms with Crippen LogP contribution in [0.5, 0.6) is 0 Å². The van der Waals surface area contributed by atoms with Gasteiger partial charge in [0.1, 0.15) is 5.82 Å². The molecule has 0 aliphatic carbocycles. The summed E-state index contributed by atoms with van der Waals surface area (Å²) in [5.41, 5.74) is 4.90. The fourth-order valence-corrected chi connectivity index (χ4v) is 2.44. The molecule has 0 saturated heterocycles. The number of pyridine rings is 1. The van der Waals surface area contributed by atoms with E-state index < -0.39 is 0 Å². The summed E-state index contributed by atoms with van der Waals surface area (Å²) in [7, 11) is 0. The molecular formula is C14H13N5S. The summed E-state index contributed by atoms with van der Waals surface area (Å²) in [6.07, 6.45) is 3.54. The van der Waals surface area contributed by atoms with Crippen molar-refractivity contribution >= 4 is 23.0 Å². The minimum absolute atomic E-state index is 0.693. The molecule has 0 unspecified atom stereocenters. The first-order chi connectivity index (χ1) is 9.70. The number of aromatic nitrogens is 4. The number of anilines is 2. The van der Waals surface area contributed by atoms with Gasteiger partial charge in [-0.15, -0.1) is 16.4 Å². The summed E-state index contributed by atoms with van der Waals surface area (Å²) in [6.45, 7) is 4.02. The van der Waals surface area contributed by atoms with E-state index in [9.17, 15) is 0 Å². The van der Waals surface area contributed by atoms with E-state index in [1.165, 1.54) is 0 Å². The Labute approximate surface area is 120 Å². The van der Waals surface area contributed by atoms with E-state index in [1.54, 1.807) is 23.0 Å². The van der Waals surface area contributed by atoms with Gasteiger partial charge in [0.2, 0.25) is 0 Å². The first kappa shape index (κ1) is 12.7. The Hall–Kier alpha value is -2.34. The zero-order valence-corrected chi connectivity index (χ0v) is 12.0. The lowest BCUT2D eigenvalue weighted by Gasteiger charge is -2.07. The Balaban J connectivity index is 1.94. The molecule has 3 heterocycles. The van der Waals surface area contributed by atoms with E-state index in [-0.39, 0.29) is 0 Å². The fourth-order valence-electron chi connectivity index (χ4n) is 1.86. The lowest BCUT2D eigenvalue weighted by Crippen LogP contribution is -1.99. The Morgan fingerprint density at radius 1 is 1.00 bits per heavy atom. The third kappa shape index (κ3) is 2.80. The molecular weight excluding hydrogens is 270 g/mol. The molecule has 1 N–H and O–H groups in total. The van der Waals surface area contributed by atoms with Gasteiger partial charge in [-0.2, -0.15) is 5.10 Å². The highest BCUT2D eigenvalue weighted by atomic mass is 32.1. The van der Waals surface area contributed by atoms with E-state index in [0.29, 0.717) is 5.82 Å². The van der Waals surface area contributed by atoms with Crippen LogP contribution in [0.15, 0.2) is 36.1 Å². The van der Waals surface area contributed by atoms with Crippen molar-refractivity contribution in [3.8, 4) is 10.6 Å². The van der Waals surface area contributed by atoms with Crippen LogP contribution in [0.4, 0.5) is 11.6 Å². The molecule has 0 atom stereocenters. The molecule has 5 nitrogen and oxygen atoms in total. The summed E-state index contributed by atoms with van der Waals surface area (Å²) < 4.78 is 0. The summed E-state index contributed by atoms with van der Waals surface area (Å²) in [6, 6.07) is 5.96. The molecule has 0 amide bonds. The maximum Gasteiger partial charge on any atom is 0.154 e. The summed E-state index contributed by atoms with van der Waals surface area (Å²) >= 11 is 1.57. The molecule has 0 aliphatic rings. The number of hydrogen-bond acceptors (Lipinski definition) is 6. The van der Waals surface area contributed by atoms with Crippen LogP contribution >= 0.6 is 11.3 Å². The first-order valence-electron chi connectivity index (χ1n) is 6.14. The summed E-state index contributed by atoms with van der Waals surface area (Å²) in [5, 5.41) is 11.2. The van der Waals surface area contributed by atoms with E-state index in [2.05, 4.69) is 25.5 Å². The van der Waals surface area contributed by atoms with Gasteiger partial charge in [-0.05, 0) is 43.2 Å².